The Hall–Kier alpha value is -0.770. The summed E-state index contributed by atoms with van der Waals surface area (Å²) in [6, 6.07) is 5.08. The van der Waals surface area contributed by atoms with Crippen LogP contribution in [0, 0.1) is 11.8 Å². The van der Waals surface area contributed by atoms with Gasteiger partial charge in [-0.1, -0.05) is 29.3 Å². The molecular formula is C13H13Cl2NO2. The number of amides is 1. The van der Waals surface area contributed by atoms with E-state index in [4.69, 9.17) is 23.2 Å². The molecule has 1 saturated heterocycles. The molecule has 1 aromatic rings. The highest BCUT2D eigenvalue weighted by molar-refractivity contribution is 6.43. The maximum absolute atomic E-state index is 12.3. The molecule has 1 heterocycles. The van der Waals surface area contributed by atoms with Crippen LogP contribution in [-0.4, -0.2) is 35.1 Å². The third-order valence-corrected chi connectivity index (χ3v) is 4.82. The molecule has 1 aliphatic heterocycles. The lowest BCUT2D eigenvalue weighted by Crippen LogP contribution is -2.39. The molecule has 2 aliphatic rings. The number of carbonyl (C=O) groups excluding carboxylic acids is 1. The van der Waals surface area contributed by atoms with Gasteiger partial charge in [0.15, 0.2) is 0 Å². The molecule has 0 radical (unpaired) electrons. The lowest BCUT2D eigenvalue weighted by atomic mass is 9.74. The topological polar surface area (TPSA) is 40.5 Å². The van der Waals surface area contributed by atoms with Crippen LogP contribution in [0.1, 0.15) is 16.8 Å². The second-order valence-electron chi connectivity index (χ2n) is 5.04. The summed E-state index contributed by atoms with van der Waals surface area (Å²) >= 11 is 12.0. The lowest BCUT2D eigenvalue weighted by molar-refractivity contribution is -0.00426. The molecule has 0 unspecified atom stereocenters. The predicted octanol–water partition coefficient (Wildman–Crippen LogP) is 2.45. The molecule has 1 amide bonds. The zero-order chi connectivity index (χ0) is 12.9. The van der Waals surface area contributed by atoms with Gasteiger partial charge in [0.2, 0.25) is 0 Å². The van der Waals surface area contributed by atoms with Gasteiger partial charge in [-0.25, -0.2) is 0 Å². The molecule has 0 aromatic heterocycles. The van der Waals surface area contributed by atoms with Crippen LogP contribution in [0.2, 0.25) is 10.0 Å². The summed E-state index contributed by atoms with van der Waals surface area (Å²) in [6.07, 6.45) is 0.556. The largest absolute Gasteiger partial charge is 0.393 e. The van der Waals surface area contributed by atoms with Gasteiger partial charge in [-0.15, -0.1) is 0 Å². The highest BCUT2D eigenvalue weighted by atomic mass is 35.5. The van der Waals surface area contributed by atoms with E-state index in [1.165, 1.54) is 0 Å². The first-order valence-corrected chi connectivity index (χ1v) is 6.75. The van der Waals surface area contributed by atoms with Gasteiger partial charge in [-0.05, 0) is 24.5 Å². The number of rotatable bonds is 1. The fraction of sp³-hybridized carbons (Fsp3) is 0.462. The third-order valence-electron chi connectivity index (χ3n) is 4.00. The van der Waals surface area contributed by atoms with Crippen LogP contribution >= 0.6 is 23.2 Å². The van der Waals surface area contributed by atoms with Crippen molar-refractivity contribution in [2.45, 2.75) is 12.5 Å². The number of likely N-dealkylation sites (tertiary alicyclic amines) is 1. The highest BCUT2D eigenvalue weighted by Crippen LogP contribution is 2.41. The Morgan fingerprint density at radius 1 is 1.33 bits per heavy atom. The van der Waals surface area contributed by atoms with Crippen molar-refractivity contribution >= 4 is 29.1 Å². The molecule has 1 N–H and O–H groups in total. The van der Waals surface area contributed by atoms with Gasteiger partial charge >= 0.3 is 0 Å². The minimum atomic E-state index is -0.248. The van der Waals surface area contributed by atoms with E-state index < -0.39 is 0 Å². The monoisotopic (exact) mass is 285 g/mol. The van der Waals surface area contributed by atoms with Gasteiger partial charge in [0.25, 0.3) is 5.91 Å². The summed E-state index contributed by atoms with van der Waals surface area (Å²) in [5.41, 5.74) is 0.444. The highest BCUT2D eigenvalue weighted by Gasteiger charge is 2.47. The Balaban J connectivity index is 1.81. The van der Waals surface area contributed by atoms with E-state index in [9.17, 15) is 9.90 Å². The lowest BCUT2D eigenvalue weighted by Gasteiger charge is -2.34. The van der Waals surface area contributed by atoms with E-state index >= 15 is 0 Å². The molecule has 5 heteroatoms. The minimum Gasteiger partial charge on any atom is -0.393 e. The zero-order valence-electron chi connectivity index (χ0n) is 9.64. The van der Waals surface area contributed by atoms with E-state index in [0.717, 1.165) is 6.42 Å². The van der Waals surface area contributed by atoms with Crippen molar-refractivity contribution in [3.8, 4) is 0 Å². The Morgan fingerprint density at radius 3 is 2.78 bits per heavy atom. The minimum absolute atomic E-state index is 0.0934. The molecule has 1 saturated carbocycles. The van der Waals surface area contributed by atoms with Gasteiger partial charge in [-0.2, -0.15) is 0 Å². The maximum Gasteiger partial charge on any atom is 0.255 e. The molecule has 3 nitrogen and oxygen atoms in total. The van der Waals surface area contributed by atoms with Crippen molar-refractivity contribution in [1.82, 2.24) is 4.90 Å². The van der Waals surface area contributed by atoms with Crippen LogP contribution < -0.4 is 0 Å². The Morgan fingerprint density at radius 2 is 2.11 bits per heavy atom. The smallest absolute Gasteiger partial charge is 0.255 e. The van der Waals surface area contributed by atoms with E-state index in [2.05, 4.69) is 0 Å². The Kier molecular flexibility index (Phi) is 3.00. The SMILES string of the molecule is O=C(c1cccc(Cl)c1Cl)N1C[C@H]2C[C@@H](O)[C@H]2C1. The second kappa shape index (κ2) is 4.41. The summed E-state index contributed by atoms with van der Waals surface area (Å²) < 4.78 is 0. The summed E-state index contributed by atoms with van der Waals surface area (Å²) in [5.74, 6) is 0.595. The molecule has 18 heavy (non-hydrogen) atoms. The average Bonchev–Trinajstić information content (AvgIpc) is 2.69. The molecular weight excluding hydrogens is 273 g/mol. The van der Waals surface area contributed by atoms with Gasteiger partial charge in [0, 0.05) is 19.0 Å². The molecule has 0 spiro atoms. The maximum atomic E-state index is 12.3. The fourth-order valence-electron chi connectivity index (χ4n) is 2.88. The molecule has 1 aliphatic carbocycles. The number of carbonyl (C=O) groups is 1. The number of halogens is 2. The van der Waals surface area contributed by atoms with Gasteiger partial charge in [-0.3, -0.25) is 4.79 Å². The van der Waals surface area contributed by atoms with Crippen molar-refractivity contribution in [2.75, 3.05) is 13.1 Å². The molecule has 2 fully saturated rings. The number of nitrogens with zero attached hydrogens (tertiary/aromatic N) is 1. The van der Waals surface area contributed by atoms with Crippen LogP contribution in [-0.2, 0) is 0 Å². The number of hydrogen-bond acceptors (Lipinski definition) is 2. The van der Waals surface area contributed by atoms with Crippen molar-refractivity contribution in [1.29, 1.82) is 0 Å². The summed E-state index contributed by atoms with van der Waals surface area (Å²) in [5, 5.41) is 10.3. The van der Waals surface area contributed by atoms with E-state index in [1.54, 1.807) is 23.1 Å². The Bertz CT molecular complexity index is 506. The number of aliphatic hydroxyl groups excluding tert-OH is 1. The van der Waals surface area contributed by atoms with Crippen molar-refractivity contribution < 1.29 is 9.90 Å². The first-order valence-electron chi connectivity index (χ1n) is 5.99. The summed E-state index contributed by atoms with van der Waals surface area (Å²) in [7, 11) is 0. The molecule has 1 aromatic carbocycles. The van der Waals surface area contributed by atoms with Crippen molar-refractivity contribution in [2.24, 2.45) is 11.8 Å². The van der Waals surface area contributed by atoms with Crippen LogP contribution in [0.25, 0.3) is 0 Å². The predicted molar refractivity (Wildman–Crippen MR) is 70.0 cm³/mol. The van der Waals surface area contributed by atoms with E-state index in [0.29, 0.717) is 34.6 Å². The number of fused-ring (bicyclic) bond motifs is 1. The van der Waals surface area contributed by atoms with Gasteiger partial charge in [0.05, 0.1) is 21.7 Å². The van der Waals surface area contributed by atoms with Gasteiger partial charge in [0.1, 0.15) is 0 Å². The van der Waals surface area contributed by atoms with Crippen molar-refractivity contribution in [3.05, 3.63) is 33.8 Å². The molecule has 0 bridgehead atoms. The van der Waals surface area contributed by atoms with Crippen LogP contribution in [0.15, 0.2) is 18.2 Å². The van der Waals surface area contributed by atoms with Crippen LogP contribution in [0.3, 0.4) is 0 Å². The normalized spacial score (nSPS) is 29.9. The first kappa shape index (κ1) is 12.3. The average molecular weight is 286 g/mol. The van der Waals surface area contributed by atoms with E-state index in [1.807, 2.05) is 0 Å². The second-order valence-corrected chi connectivity index (χ2v) is 5.82. The molecule has 96 valence electrons. The summed E-state index contributed by atoms with van der Waals surface area (Å²) in [6.45, 7) is 1.33. The zero-order valence-corrected chi connectivity index (χ0v) is 11.2. The standard InChI is InChI=1S/C13H13Cl2NO2/c14-10-3-1-2-8(12(10)15)13(18)16-5-7-4-11(17)9(7)6-16/h1-3,7,9,11,17H,4-6H2/t7-,9+,11-/m1/s1. The number of hydrogen-bond donors (Lipinski definition) is 1. The fourth-order valence-corrected chi connectivity index (χ4v) is 3.26. The van der Waals surface area contributed by atoms with Gasteiger partial charge < -0.3 is 10.0 Å². The van der Waals surface area contributed by atoms with Crippen LogP contribution in [0.5, 0.6) is 0 Å². The third kappa shape index (κ3) is 1.81. The number of aliphatic hydroxyl groups is 1. The number of benzene rings is 1. The van der Waals surface area contributed by atoms with Crippen LogP contribution in [0.4, 0.5) is 0 Å². The summed E-state index contributed by atoms with van der Waals surface area (Å²) in [4.78, 5) is 14.1. The van der Waals surface area contributed by atoms with Crippen molar-refractivity contribution in [3.63, 3.8) is 0 Å². The van der Waals surface area contributed by atoms with E-state index in [-0.39, 0.29) is 17.9 Å². The first-order chi connectivity index (χ1) is 8.58. The molecule has 3 atom stereocenters. The quantitative estimate of drug-likeness (QED) is 0.861. The Labute approximate surface area is 115 Å². The molecule has 3 rings (SSSR count).